The number of rotatable bonds is 7. The van der Waals surface area contributed by atoms with Gasteiger partial charge in [0.1, 0.15) is 34.3 Å². The summed E-state index contributed by atoms with van der Waals surface area (Å²) in [7, 11) is -4.00. The average Bonchev–Trinajstić information content (AvgIpc) is 3.21. The molecule has 2 unspecified atom stereocenters. The van der Waals surface area contributed by atoms with Gasteiger partial charge in [-0.2, -0.15) is 0 Å². The van der Waals surface area contributed by atoms with Crippen LogP contribution < -0.4 is 0 Å². The zero-order valence-corrected chi connectivity index (χ0v) is 18.9. The maximum atomic E-state index is 11.7. The van der Waals surface area contributed by atoms with Crippen molar-refractivity contribution in [2.45, 2.75) is 30.8 Å². The lowest BCUT2D eigenvalue weighted by Crippen LogP contribution is -2.24. The summed E-state index contributed by atoms with van der Waals surface area (Å²) in [6, 6.07) is 14.9. The largest absolute Gasteiger partial charge is 0.744 e. The van der Waals surface area contributed by atoms with Crippen LogP contribution in [-0.2, 0) is 30.5 Å². The zero-order chi connectivity index (χ0) is 22.0. The molecule has 1 aliphatic rings. The van der Waals surface area contributed by atoms with Gasteiger partial charge >= 0.3 is 5.97 Å². The number of benzene rings is 2. The van der Waals surface area contributed by atoms with Crippen molar-refractivity contribution in [2.24, 2.45) is 0 Å². The fraction of sp³-hybridized carbons (Fsp3) is 0.409. The van der Waals surface area contributed by atoms with Crippen molar-refractivity contribution in [1.29, 1.82) is 0 Å². The van der Waals surface area contributed by atoms with E-state index in [1.165, 1.54) is 25.0 Å². The van der Waals surface area contributed by atoms with Gasteiger partial charge in [0.15, 0.2) is 0 Å². The third-order valence-electron chi connectivity index (χ3n) is 4.48. The minimum Gasteiger partial charge on any atom is -0.744 e. The van der Waals surface area contributed by atoms with Gasteiger partial charge in [-0.3, -0.25) is 0 Å². The van der Waals surface area contributed by atoms with Crippen molar-refractivity contribution < 1.29 is 27.2 Å². The molecule has 1 heterocycles. The van der Waals surface area contributed by atoms with Gasteiger partial charge in [0.05, 0.1) is 16.7 Å². The van der Waals surface area contributed by atoms with Gasteiger partial charge in [-0.1, -0.05) is 35.9 Å². The van der Waals surface area contributed by atoms with Gasteiger partial charge in [0, 0.05) is 6.61 Å². The summed E-state index contributed by atoms with van der Waals surface area (Å²) in [6.07, 6.45) is 5.02. The molecule has 0 saturated carbocycles. The van der Waals surface area contributed by atoms with E-state index in [2.05, 4.69) is 6.26 Å². The van der Waals surface area contributed by atoms with Crippen LogP contribution >= 0.6 is 0 Å². The molecule has 0 aromatic heterocycles. The third kappa shape index (κ3) is 8.87. The van der Waals surface area contributed by atoms with E-state index in [0.29, 0.717) is 18.3 Å². The molecule has 3 rings (SSSR count). The first-order valence-electron chi connectivity index (χ1n) is 9.71. The van der Waals surface area contributed by atoms with Crippen molar-refractivity contribution in [3.63, 3.8) is 0 Å². The van der Waals surface area contributed by atoms with E-state index < -0.39 is 10.1 Å². The van der Waals surface area contributed by atoms with Crippen LogP contribution in [0.5, 0.6) is 0 Å². The minimum absolute atomic E-state index is 0.178. The number of hydrogen-bond acceptors (Lipinski definition) is 6. The Morgan fingerprint density at radius 2 is 1.83 bits per heavy atom. The Morgan fingerprint density at radius 1 is 1.17 bits per heavy atom. The second-order valence-corrected chi connectivity index (χ2v) is 10.7. The average molecular weight is 453 g/mol. The van der Waals surface area contributed by atoms with Gasteiger partial charge in [-0.15, -0.1) is 0 Å². The third-order valence-corrected chi connectivity index (χ3v) is 7.13. The van der Waals surface area contributed by atoms with Crippen molar-refractivity contribution >= 4 is 27.0 Å². The van der Waals surface area contributed by atoms with Crippen LogP contribution in [0.15, 0.2) is 59.5 Å². The van der Waals surface area contributed by atoms with Crippen LogP contribution in [0.3, 0.4) is 0 Å². The van der Waals surface area contributed by atoms with Crippen molar-refractivity contribution in [3.8, 4) is 0 Å². The maximum Gasteiger partial charge on any atom is 0.338 e. The number of carbonyl (C=O) groups excluding carboxylic acids is 1. The van der Waals surface area contributed by atoms with E-state index in [9.17, 15) is 17.8 Å². The highest BCUT2D eigenvalue weighted by Crippen LogP contribution is 2.14. The smallest absolute Gasteiger partial charge is 0.338 e. The Hall–Kier alpha value is -1.87. The first-order chi connectivity index (χ1) is 14.3. The van der Waals surface area contributed by atoms with Crippen LogP contribution in [0.25, 0.3) is 0 Å². The molecule has 1 fully saturated rings. The fourth-order valence-electron chi connectivity index (χ4n) is 2.82. The number of carbonyl (C=O) groups is 1. The first kappa shape index (κ1) is 24.4. The Labute approximate surface area is 181 Å². The summed E-state index contributed by atoms with van der Waals surface area (Å²) in [5, 5.41) is 0. The van der Waals surface area contributed by atoms with Gasteiger partial charge in [0.25, 0.3) is 0 Å². The maximum absolute atomic E-state index is 11.7. The highest BCUT2D eigenvalue weighted by atomic mass is 32.2. The van der Waals surface area contributed by atoms with E-state index in [1.807, 2.05) is 25.1 Å². The van der Waals surface area contributed by atoms with E-state index in [4.69, 9.17) is 9.47 Å². The van der Waals surface area contributed by atoms with Crippen LogP contribution in [0.4, 0.5) is 0 Å². The zero-order valence-electron chi connectivity index (χ0n) is 17.3. The molecule has 0 amide bonds. The van der Waals surface area contributed by atoms with Crippen LogP contribution in [0.2, 0.25) is 0 Å². The van der Waals surface area contributed by atoms with Gasteiger partial charge < -0.3 is 14.0 Å². The summed E-state index contributed by atoms with van der Waals surface area (Å²) < 4.78 is 42.1. The van der Waals surface area contributed by atoms with Crippen LogP contribution in [0.1, 0.15) is 28.8 Å². The lowest BCUT2D eigenvalue weighted by Gasteiger charge is -2.09. The molecule has 2 aromatic rings. The SMILES string of the molecule is C[S+](CCOC(=O)c1ccccc1)CC1CCCO1.Cc1ccc(S(=O)(=O)[O-])cc1. The number of aryl methyl sites for hydroxylation is 1. The second kappa shape index (κ2) is 12.1. The van der Waals surface area contributed by atoms with E-state index >= 15 is 0 Å². The second-order valence-electron chi connectivity index (χ2n) is 7.06. The molecule has 1 aliphatic heterocycles. The monoisotopic (exact) mass is 452 g/mol. The quantitative estimate of drug-likeness (QED) is 0.364. The van der Waals surface area contributed by atoms with Crippen LogP contribution in [0, 0.1) is 6.92 Å². The molecule has 30 heavy (non-hydrogen) atoms. The predicted molar refractivity (Wildman–Crippen MR) is 118 cm³/mol. The predicted octanol–water partition coefficient (Wildman–Crippen LogP) is 3.17. The van der Waals surface area contributed by atoms with Crippen molar-refractivity contribution in [2.75, 3.05) is 31.0 Å². The van der Waals surface area contributed by atoms with Crippen molar-refractivity contribution in [1.82, 2.24) is 0 Å². The summed E-state index contributed by atoms with van der Waals surface area (Å²) in [6.45, 7) is 3.23. The van der Waals surface area contributed by atoms with Gasteiger partial charge in [0.2, 0.25) is 0 Å². The normalized spacial score (nSPS) is 17.0. The number of ether oxygens (including phenoxy) is 2. The molecule has 8 heteroatoms. The Bertz CT molecular complexity index is 876. The lowest BCUT2D eigenvalue weighted by atomic mass is 10.2. The highest BCUT2D eigenvalue weighted by molar-refractivity contribution is 7.96. The molecule has 0 bridgehead atoms. The molecule has 2 atom stereocenters. The van der Waals surface area contributed by atoms with Crippen LogP contribution in [-0.4, -0.2) is 56.0 Å². The van der Waals surface area contributed by atoms with E-state index in [-0.39, 0.29) is 21.8 Å². The Kier molecular flexibility index (Phi) is 9.84. The molecule has 0 spiro atoms. The molecule has 2 aromatic carbocycles. The molecule has 1 saturated heterocycles. The summed E-state index contributed by atoms with van der Waals surface area (Å²) in [5.74, 6) is 1.80. The Morgan fingerprint density at radius 3 is 2.40 bits per heavy atom. The molecule has 164 valence electrons. The first-order valence-corrected chi connectivity index (χ1v) is 13.1. The lowest BCUT2D eigenvalue weighted by molar-refractivity contribution is 0.0530. The molecular formula is C22H28O6S2. The molecule has 0 N–H and O–H groups in total. The van der Waals surface area contributed by atoms with Gasteiger partial charge in [-0.05, 0) is 54.9 Å². The number of hydrogen-bond donors (Lipinski definition) is 0. The topological polar surface area (TPSA) is 92.7 Å². The molecule has 6 nitrogen and oxygen atoms in total. The summed E-state index contributed by atoms with van der Waals surface area (Å²) in [4.78, 5) is 11.5. The van der Waals surface area contributed by atoms with E-state index in [0.717, 1.165) is 23.7 Å². The number of esters is 1. The highest BCUT2D eigenvalue weighted by Gasteiger charge is 2.24. The molecular weight excluding hydrogens is 424 g/mol. The molecule has 0 radical (unpaired) electrons. The summed E-state index contributed by atoms with van der Waals surface area (Å²) >= 11 is 0. The van der Waals surface area contributed by atoms with Crippen molar-refractivity contribution in [3.05, 3.63) is 65.7 Å². The Balaban J connectivity index is 0.000000248. The van der Waals surface area contributed by atoms with E-state index in [1.54, 1.807) is 24.3 Å². The summed E-state index contributed by atoms with van der Waals surface area (Å²) in [5.41, 5.74) is 1.55. The fourth-order valence-corrected chi connectivity index (χ4v) is 4.72. The van der Waals surface area contributed by atoms with Gasteiger partial charge in [-0.25, -0.2) is 13.2 Å². The molecule has 0 aliphatic carbocycles. The minimum atomic E-state index is -4.27. The standard InChI is InChI=1S/C15H21O3S.C7H8O3S/c1-19(12-14-8-5-9-17-14)11-10-18-15(16)13-6-3-2-4-7-13;1-6-2-4-7(5-3-6)11(8,9)10/h2-4,6-7,14H,5,8-12H2,1H3;2-5H,1H3,(H,8,9,10)/q+1;/p-1.